The molecule has 1 aromatic carbocycles. The van der Waals surface area contributed by atoms with Gasteiger partial charge < -0.3 is 10.1 Å². The number of esters is 1. The van der Waals surface area contributed by atoms with Crippen molar-refractivity contribution in [3.8, 4) is 0 Å². The van der Waals surface area contributed by atoms with Gasteiger partial charge in [-0.25, -0.2) is 17.4 Å². The van der Waals surface area contributed by atoms with Gasteiger partial charge in [-0.2, -0.15) is 0 Å². The van der Waals surface area contributed by atoms with Crippen LogP contribution in [0.2, 0.25) is 0 Å². The molecule has 0 saturated heterocycles. The molecule has 0 aliphatic heterocycles. The number of anilines is 1. The Morgan fingerprint density at radius 1 is 1.23 bits per heavy atom. The number of pyridine rings is 1. The summed E-state index contributed by atoms with van der Waals surface area (Å²) in [5, 5.41) is 15.3. The Balaban J connectivity index is 1.54. The minimum absolute atomic E-state index is 0.0676. The smallest absolute Gasteiger partial charge is 0.314 e. The third-order valence-corrected chi connectivity index (χ3v) is 8.54. The average molecular weight is 499 g/mol. The largest absolute Gasteiger partial charge is 0.459 e. The number of rotatable bonds is 6. The number of aryl methyl sites for hydroxylation is 1. The minimum atomic E-state index is -3.97. The average Bonchev–Trinajstić information content (AvgIpc) is 3.14. The van der Waals surface area contributed by atoms with Gasteiger partial charge in [0.15, 0.2) is 5.65 Å². The molecule has 0 spiro atoms. The molecule has 184 valence electrons. The lowest BCUT2D eigenvalue weighted by molar-refractivity contribution is -0.384. The molecule has 3 fully saturated rings. The Morgan fingerprint density at radius 3 is 2.43 bits per heavy atom. The van der Waals surface area contributed by atoms with Crippen molar-refractivity contribution in [3.63, 3.8) is 0 Å². The molecule has 2 heterocycles. The summed E-state index contributed by atoms with van der Waals surface area (Å²) >= 11 is 0. The van der Waals surface area contributed by atoms with Crippen LogP contribution in [0.15, 0.2) is 47.6 Å². The summed E-state index contributed by atoms with van der Waals surface area (Å²) < 4.78 is 33.2. The van der Waals surface area contributed by atoms with Gasteiger partial charge in [0.2, 0.25) is 0 Å². The number of nitro groups is 1. The zero-order valence-corrected chi connectivity index (χ0v) is 20.6. The van der Waals surface area contributed by atoms with Crippen LogP contribution in [-0.2, 0) is 19.6 Å². The number of carbonyl (C=O) groups is 1. The predicted molar refractivity (Wildman–Crippen MR) is 129 cm³/mol. The zero-order valence-electron chi connectivity index (χ0n) is 19.8. The van der Waals surface area contributed by atoms with Gasteiger partial charge in [-0.15, -0.1) is 0 Å². The summed E-state index contributed by atoms with van der Waals surface area (Å²) in [7, 11) is -3.97. The first-order chi connectivity index (χ1) is 16.3. The molecule has 3 saturated carbocycles. The van der Waals surface area contributed by atoms with Gasteiger partial charge in [0.25, 0.3) is 10.0 Å². The molecular weight excluding hydrogens is 472 g/mol. The molecule has 1 N–H and O–H groups in total. The van der Waals surface area contributed by atoms with Crippen molar-refractivity contribution < 1.29 is 22.9 Å². The maximum absolute atomic E-state index is 13.3. The highest BCUT2D eigenvalue weighted by Crippen LogP contribution is 2.66. The van der Waals surface area contributed by atoms with E-state index in [1.807, 2.05) is 6.92 Å². The predicted octanol–water partition coefficient (Wildman–Crippen LogP) is 4.02. The van der Waals surface area contributed by atoms with Crippen LogP contribution in [0, 0.1) is 28.4 Å². The summed E-state index contributed by atoms with van der Waals surface area (Å²) in [5.41, 5.74) is -0.529. The summed E-state index contributed by atoms with van der Waals surface area (Å²) in [4.78, 5) is 28.4. The van der Waals surface area contributed by atoms with Gasteiger partial charge in [-0.05, 0) is 64.7 Å². The molecule has 6 rings (SSSR count). The fourth-order valence-electron chi connectivity index (χ4n) is 4.94. The molecule has 10 nitrogen and oxygen atoms in total. The van der Waals surface area contributed by atoms with Gasteiger partial charge in [0, 0.05) is 12.2 Å². The molecule has 11 heteroatoms. The van der Waals surface area contributed by atoms with Crippen LogP contribution in [0.25, 0.3) is 11.0 Å². The number of nitrogens with zero attached hydrogens (tertiary/aromatic N) is 3. The molecule has 2 aromatic heterocycles. The van der Waals surface area contributed by atoms with Crippen LogP contribution < -0.4 is 5.32 Å². The summed E-state index contributed by atoms with van der Waals surface area (Å²) in [6.45, 7) is 7.25. The van der Waals surface area contributed by atoms with Crippen LogP contribution >= 0.6 is 0 Å². The first-order valence-corrected chi connectivity index (χ1v) is 12.7. The number of hydrogen-bond donors (Lipinski definition) is 1. The van der Waals surface area contributed by atoms with E-state index in [0.29, 0.717) is 18.2 Å². The van der Waals surface area contributed by atoms with E-state index in [-0.39, 0.29) is 39.8 Å². The highest BCUT2D eigenvalue weighted by atomic mass is 32.2. The van der Waals surface area contributed by atoms with Crippen LogP contribution in [-0.4, -0.2) is 39.9 Å². The number of carbonyl (C=O) groups excluding carboxylic acids is 1. The van der Waals surface area contributed by atoms with Gasteiger partial charge in [0.05, 0.1) is 20.6 Å². The fourth-order valence-corrected chi connectivity index (χ4v) is 6.24. The lowest BCUT2D eigenvalue weighted by Gasteiger charge is -2.66. The first-order valence-electron chi connectivity index (χ1n) is 11.3. The molecule has 3 aliphatic rings. The Morgan fingerprint density at radius 2 is 1.89 bits per heavy atom. The topological polar surface area (TPSA) is 133 Å². The SMILES string of the molecule is Cc1ccc(S(=O)(=O)n2ccc3c(NC4C5CC4(C(=O)OC(C)(C)C)C5)c([N+](=O)[O-])cnc32)cc1. The molecule has 0 amide bonds. The Kier molecular flexibility index (Phi) is 5.00. The number of benzene rings is 1. The molecule has 3 aromatic rings. The van der Waals surface area contributed by atoms with Crippen LogP contribution in [0.4, 0.5) is 11.4 Å². The molecule has 2 bridgehead atoms. The monoisotopic (exact) mass is 498 g/mol. The van der Waals surface area contributed by atoms with Crippen molar-refractivity contribution in [1.29, 1.82) is 0 Å². The number of fused-ring (bicyclic) bond motifs is 1. The quantitative estimate of drug-likeness (QED) is 0.306. The van der Waals surface area contributed by atoms with E-state index in [2.05, 4.69) is 10.3 Å². The van der Waals surface area contributed by atoms with Crippen LogP contribution in [0.3, 0.4) is 0 Å². The van der Waals surface area contributed by atoms with E-state index in [1.165, 1.54) is 24.4 Å². The highest BCUT2D eigenvalue weighted by Gasteiger charge is 2.71. The van der Waals surface area contributed by atoms with E-state index < -0.39 is 26.0 Å². The fraction of sp³-hybridized carbons (Fsp3) is 0.417. The summed E-state index contributed by atoms with van der Waals surface area (Å²) in [5.74, 6) is -0.138. The van der Waals surface area contributed by atoms with Crippen LogP contribution in [0.5, 0.6) is 0 Å². The number of nitrogens with one attached hydrogen (secondary N) is 1. The second-order valence-electron chi connectivity index (χ2n) is 10.4. The normalized spacial score (nSPS) is 23.3. The first kappa shape index (κ1) is 23.3. The maximum Gasteiger partial charge on any atom is 0.314 e. The molecule has 0 radical (unpaired) electrons. The Bertz CT molecular complexity index is 1460. The third-order valence-electron chi connectivity index (χ3n) is 6.86. The van der Waals surface area contributed by atoms with Gasteiger partial charge in [-0.3, -0.25) is 14.9 Å². The number of ether oxygens (including phenoxy) is 1. The van der Waals surface area contributed by atoms with E-state index in [1.54, 1.807) is 32.9 Å². The Hall–Kier alpha value is -3.47. The molecule has 1 atom stereocenters. The van der Waals surface area contributed by atoms with Gasteiger partial charge in [0.1, 0.15) is 17.5 Å². The molecule has 35 heavy (non-hydrogen) atoms. The molecule has 3 aliphatic carbocycles. The zero-order chi connectivity index (χ0) is 25.3. The maximum atomic E-state index is 13.3. The van der Waals surface area contributed by atoms with Crippen molar-refractivity contribution in [2.75, 3.05) is 5.32 Å². The van der Waals surface area contributed by atoms with E-state index >= 15 is 0 Å². The molecule has 1 unspecified atom stereocenters. The lowest BCUT2D eigenvalue weighted by Crippen LogP contribution is -2.72. The van der Waals surface area contributed by atoms with E-state index in [0.717, 1.165) is 15.7 Å². The Labute approximate surface area is 202 Å². The second-order valence-corrected chi connectivity index (χ2v) is 12.2. The van der Waals surface area contributed by atoms with Crippen molar-refractivity contribution in [2.45, 2.75) is 57.1 Å². The van der Waals surface area contributed by atoms with Crippen molar-refractivity contribution in [3.05, 3.63) is 58.4 Å². The van der Waals surface area contributed by atoms with Gasteiger partial charge in [-0.1, -0.05) is 17.7 Å². The highest BCUT2D eigenvalue weighted by molar-refractivity contribution is 7.90. The van der Waals surface area contributed by atoms with Crippen molar-refractivity contribution in [2.24, 2.45) is 11.3 Å². The summed E-state index contributed by atoms with van der Waals surface area (Å²) in [6.07, 6.45) is 3.71. The number of aromatic nitrogens is 2. The third kappa shape index (κ3) is 3.56. The standard InChI is InChI=1S/C24H26N4O6S/c1-14-5-7-16(8-6-14)35(32,33)27-10-9-17-19(18(28(30)31)13-25-21(17)27)26-20-15-11-24(20,12-15)22(29)34-23(2,3)4/h5-10,13,15,20H,11-12H2,1-4H3,(H,25,26). The van der Waals surface area contributed by atoms with Crippen molar-refractivity contribution >= 4 is 38.4 Å². The lowest BCUT2D eigenvalue weighted by atomic mass is 9.40. The number of hydrogen-bond acceptors (Lipinski definition) is 8. The van der Waals surface area contributed by atoms with Crippen molar-refractivity contribution in [1.82, 2.24) is 8.96 Å². The minimum Gasteiger partial charge on any atom is -0.459 e. The molecular formula is C24H26N4O6S. The second kappa shape index (κ2) is 7.51. The van der Waals surface area contributed by atoms with E-state index in [9.17, 15) is 23.3 Å². The van der Waals surface area contributed by atoms with Crippen LogP contribution in [0.1, 0.15) is 39.2 Å². The van der Waals surface area contributed by atoms with E-state index in [4.69, 9.17) is 4.74 Å². The summed E-state index contributed by atoms with van der Waals surface area (Å²) in [6, 6.07) is 7.57. The van der Waals surface area contributed by atoms with Gasteiger partial charge >= 0.3 is 11.7 Å².